The molecule has 0 radical (unpaired) electrons. The van der Waals surface area contributed by atoms with Crippen molar-refractivity contribution < 1.29 is 14.7 Å². The van der Waals surface area contributed by atoms with E-state index < -0.39 is 5.97 Å². The maximum absolute atomic E-state index is 11.7. The van der Waals surface area contributed by atoms with Gasteiger partial charge in [-0.3, -0.25) is 4.79 Å². The molecule has 19 heavy (non-hydrogen) atoms. The smallest absolute Gasteiger partial charge is 0.338 e. The molecule has 0 unspecified atom stereocenters. The molecule has 0 aliphatic heterocycles. The monoisotopic (exact) mass is 600 g/mol. The van der Waals surface area contributed by atoms with E-state index in [0.717, 1.165) is 0 Å². The molecule has 0 aliphatic rings. The van der Waals surface area contributed by atoms with Crippen molar-refractivity contribution in [2.24, 2.45) is 0 Å². The fourth-order valence-corrected chi connectivity index (χ4v) is 5.84. The summed E-state index contributed by atoms with van der Waals surface area (Å²) in [5, 5.41) is 9.31. The molecule has 1 aromatic rings. The Morgan fingerprint density at radius 2 is 1.74 bits per heavy atom. The minimum absolute atomic E-state index is 0.143. The van der Waals surface area contributed by atoms with E-state index in [0.29, 0.717) is 28.6 Å². The van der Waals surface area contributed by atoms with Crippen LogP contribution in [0, 0.1) is 10.7 Å². The molecule has 0 aliphatic carbocycles. The lowest BCUT2D eigenvalue weighted by Gasteiger charge is -2.24. The number of nitrogens with two attached hydrogens (primary N) is 1. The van der Waals surface area contributed by atoms with Crippen LogP contribution in [0.25, 0.3) is 0 Å². The maximum atomic E-state index is 11.7. The van der Waals surface area contributed by atoms with E-state index in [4.69, 9.17) is 5.73 Å². The standard InChI is InChI=1S/C11H11I3N2O3/c1-3-16(4(2)17)10-7(13)5(11(18)19)6(12)9(15)8(10)14/h3,15H2,1-2H3,(H,18,19). The van der Waals surface area contributed by atoms with E-state index in [9.17, 15) is 14.7 Å². The Morgan fingerprint density at radius 3 is 2.11 bits per heavy atom. The van der Waals surface area contributed by atoms with Gasteiger partial charge in [-0.25, -0.2) is 4.79 Å². The second kappa shape index (κ2) is 6.74. The Labute approximate surface area is 151 Å². The van der Waals surface area contributed by atoms with Crippen molar-refractivity contribution in [1.29, 1.82) is 0 Å². The van der Waals surface area contributed by atoms with Crippen LogP contribution in [-0.4, -0.2) is 23.5 Å². The van der Waals surface area contributed by atoms with Crippen molar-refractivity contribution in [2.45, 2.75) is 13.8 Å². The van der Waals surface area contributed by atoms with Crippen LogP contribution in [0.1, 0.15) is 24.2 Å². The predicted molar refractivity (Wildman–Crippen MR) is 99.7 cm³/mol. The summed E-state index contributed by atoms with van der Waals surface area (Å²) < 4.78 is 1.74. The van der Waals surface area contributed by atoms with Crippen molar-refractivity contribution in [2.75, 3.05) is 17.2 Å². The lowest BCUT2D eigenvalue weighted by atomic mass is 10.1. The molecule has 0 saturated heterocycles. The first-order chi connectivity index (χ1) is 8.73. The zero-order valence-corrected chi connectivity index (χ0v) is 16.6. The SMILES string of the molecule is CCN(C(C)=O)c1c(I)c(N)c(I)c(C(=O)O)c1I. The van der Waals surface area contributed by atoms with Gasteiger partial charge in [-0.15, -0.1) is 0 Å². The fraction of sp³-hybridized carbons (Fsp3) is 0.273. The van der Waals surface area contributed by atoms with E-state index in [1.807, 2.05) is 74.7 Å². The number of halogens is 3. The van der Waals surface area contributed by atoms with Crippen LogP contribution in [0.2, 0.25) is 0 Å². The van der Waals surface area contributed by atoms with Gasteiger partial charge in [0.15, 0.2) is 0 Å². The van der Waals surface area contributed by atoms with Gasteiger partial charge < -0.3 is 15.7 Å². The summed E-state index contributed by atoms with van der Waals surface area (Å²) >= 11 is 5.92. The molecule has 1 rings (SSSR count). The van der Waals surface area contributed by atoms with Crippen molar-refractivity contribution in [3.8, 4) is 0 Å². The van der Waals surface area contributed by atoms with E-state index in [2.05, 4.69) is 0 Å². The second-order valence-corrected chi connectivity index (χ2v) is 6.88. The first kappa shape index (κ1) is 17.2. The minimum Gasteiger partial charge on any atom is -0.478 e. The van der Waals surface area contributed by atoms with Gasteiger partial charge in [-0.2, -0.15) is 0 Å². The normalized spacial score (nSPS) is 10.4. The Kier molecular flexibility index (Phi) is 6.10. The van der Waals surface area contributed by atoms with E-state index in [1.165, 1.54) is 11.8 Å². The lowest BCUT2D eigenvalue weighted by molar-refractivity contribution is -0.116. The largest absolute Gasteiger partial charge is 0.478 e. The van der Waals surface area contributed by atoms with Gasteiger partial charge in [0, 0.05) is 13.5 Å². The summed E-state index contributed by atoms with van der Waals surface area (Å²) in [4.78, 5) is 24.6. The molecule has 0 fully saturated rings. The zero-order chi connectivity index (χ0) is 14.9. The van der Waals surface area contributed by atoms with E-state index in [1.54, 1.807) is 0 Å². The number of amides is 1. The van der Waals surface area contributed by atoms with Crippen LogP contribution in [0.15, 0.2) is 0 Å². The maximum Gasteiger partial charge on any atom is 0.338 e. The molecule has 0 bridgehead atoms. The van der Waals surface area contributed by atoms with Crippen LogP contribution in [0.4, 0.5) is 11.4 Å². The number of nitrogen functional groups attached to an aromatic ring is 1. The van der Waals surface area contributed by atoms with E-state index >= 15 is 0 Å². The van der Waals surface area contributed by atoms with Crippen molar-refractivity contribution >= 4 is 91.0 Å². The predicted octanol–water partition coefficient (Wildman–Crippen LogP) is 3.15. The van der Waals surface area contributed by atoms with Crippen molar-refractivity contribution in [3.63, 3.8) is 0 Å². The average Bonchev–Trinajstić information content (AvgIpc) is 2.31. The third-order valence-corrected chi connectivity index (χ3v) is 5.77. The second-order valence-electron chi connectivity index (χ2n) is 3.65. The molecule has 0 saturated carbocycles. The van der Waals surface area contributed by atoms with E-state index in [-0.39, 0.29) is 11.5 Å². The third kappa shape index (κ3) is 3.25. The summed E-state index contributed by atoms with van der Waals surface area (Å²) in [5.74, 6) is -1.19. The Balaban J connectivity index is 3.74. The first-order valence-corrected chi connectivity index (χ1v) is 8.44. The molecule has 5 nitrogen and oxygen atoms in total. The highest BCUT2D eigenvalue weighted by molar-refractivity contribution is 14.1. The summed E-state index contributed by atoms with van der Waals surface area (Å²) in [6.45, 7) is 3.74. The molecule has 104 valence electrons. The lowest BCUT2D eigenvalue weighted by Crippen LogP contribution is -2.30. The highest BCUT2D eigenvalue weighted by atomic mass is 127. The van der Waals surface area contributed by atoms with Gasteiger partial charge in [0.05, 0.1) is 27.6 Å². The molecule has 0 atom stereocenters. The highest BCUT2D eigenvalue weighted by Gasteiger charge is 2.26. The number of carboxylic acid groups (broad SMARTS) is 1. The minimum atomic E-state index is -1.04. The summed E-state index contributed by atoms with van der Waals surface area (Å²) in [7, 11) is 0. The molecule has 8 heteroatoms. The van der Waals surface area contributed by atoms with Crippen LogP contribution in [0.5, 0.6) is 0 Å². The quantitative estimate of drug-likeness (QED) is 0.413. The number of anilines is 2. The summed E-state index contributed by atoms with van der Waals surface area (Å²) in [6, 6.07) is 0. The van der Waals surface area contributed by atoms with Gasteiger partial charge in [0.1, 0.15) is 0 Å². The van der Waals surface area contributed by atoms with Crippen LogP contribution < -0.4 is 10.6 Å². The number of hydrogen-bond acceptors (Lipinski definition) is 3. The number of rotatable bonds is 3. The molecular weight excluding hydrogens is 589 g/mol. The summed E-state index contributed by atoms with van der Waals surface area (Å²) in [6.07, 6.45) is 0. The fourth-order valence-electron chi connectivity index (χ4n) is 1.63. The van der Waals surface area contributed by atoms with Crippen molar-refractivity contribution in [1.82, 2.24) is 0 Å². The number of hydrogen-bond donors (Lipinski definition) is 2. The van der Waals surface area contributed by atoms with Crippen LogP contribution in [0.3, 0.4) is 0 Å². The molecule has 1 aromatic carbocycles. The topological polar surface area (TPSA) is 83.6 Å². The van der Waals surface area contributed by atoms with Crippen LogP contribution in [-0.2, 0) is 4.79 Å². The Bertz CT molecular complexity index is 561. The Morgan fingerprint density at radius 1 is 1.21 bits per heavy atom. The number of carbonyl (C=O) groups is 2. The van der Waals surface area contributed by atoms with Gasteiger partial charge in [-0.05, 0) is 74.7 Å². The van der Waals surface area contributed by atoms with Crippen molar-refractivity contribution in [3.05, 3.63) is 16.3 Å². The average molecular weight is 600 g/mol. The van der Waals surface area contributed by atoms with Gasteiger partial charge in [0.25, 0.3) is 0 Å². The van der Waals surface area contributed by atoms with Gasteiger partial charge in [-0.1, -0.05) is 0 Å². The Hall–Kier alpha value is 0.150. The molecule has 0 spiro atoms. The first-order valence-electron chi connectivity index (χ1n) is 5.21. The molecular formula is C11H11I3N2O3. The number of nitrogens with zero attached hydrogens (tertiary/aromatic N) is 1. The van der Waals surface area contributed by atoms with Crippen LogP contribution >= 0.6 is 67.8 Å². The van der Waals surface area contributed by atoms with Gasteiger partial charge in [0.2, 0.25) is 5.91 Å². The number of carbonyl (C=O) groups excluding carboxylic acids is 1. The van der Waals surface area contributed by atoms with Gasteiger partial charge >= 0.3 is 5.97 Å². The number of carboxylic acids is 1. The number of aromatic carboxylic acids is 1. The third-order valence-electron chi connectivity index (χ3n) is 2.51. The molecule has 0 aromatic heterocycles. The molecule has 3 N–H and O–H groups in total. The molecule has 0 heterocycles. The summed E-state index contributed by atoms with van der Waals surface area (Å²) in [5.41, 5.74) is 7.08. The number of benzene rings is 1. The zero-order valence-electron chi connectivity index (χ0n) is 10.1. The highest BCUT2D eigenvalue weighted by Crippen LogP contribution is 2.39. The molecule has 1 amide bonds.